The summed E-state index contributed by atoms with van der Waals surface area (Å²) in [5.74, 6) is 0. The molecule has 0 aromatic heterocycles. The Kier molecular flexibility index (Phi) is 3.79. The molecule has 0 spiro atoms. The Morgan fingerprint density at radius 3 is 1.29 bits per heavy atom. The SMILES string of the molecule is O=[N+]([O-])C1CCCC([N+](=O)[O-])CCC1. The second-order valence-corrected chi connectivity index (χ2v) is 3.74. The summed E-state index contributed by atoms with van der Waals surface area (Å²) in [5, 5.41) is 21.0. The summed E-state index contributed by atoms with van der Waals surface area (Å²) in [6.07, 6.45) is 3.12. The molecule has 0 radical (unpaired) electrons. The highest BCUT2D eigenvalue weighted by Crippen LogP contribution is 2.20. The van der Waals surface area contributed by atoms with Gasteiger partial charge in [0, 0.05) is 35.5 Å². The molecule has 1 fully saturated rings. The lowest BCUT2D eigenvalue weighted by molar-refractivity contribution is -0.535. The molecule has 0 unspecified atom stereocenters. The Balaban J connectivity index is 2.43. The van der Waals surface area contributed by atoms with Crippen molar-refractivity contribution in [3.63, 3.8) is 0 Å². The van der Waals surface area contributed by atoms with E-state index in [1.807, 2.05) is 0 Å². The van der Waals surface area contributed by atoms with Gasteiger partial charge in [0.2, 0.25) is 12.1 Å². The van der Waals surface area contributed by atoms with Gasteiger partial charge in [0.1, 0.15) is 0 Å². The van der Waals surface area contributed by atoms with Crippen molar-refractivity contribution in [2.75, 3.05) is 0 Å². The van der Waals surface area contributed by atoms with Gasteiger partial charge in [-0.05, 0) is 12.8 Å². The van der Waals surface area contributed by atoms with Crippen LogP contribution in [0.2, 0.25) is 0 Å². The van der Waals surface area contributed by atoms with E-state index >= 15 is 0 Å². The molecule has 6 nitrogen and oxygen atoms in total. The zero-order valence-electron chi connectivity index (χ0n) is 7.92. The minimum absolute atomic E-state index is 0.257. The lowest BCUT2D eigenvalue weighted by atomic mass is 9.94. The maximum absolute atomic E-state index is 10.5. The van der Waals surface area contributed by atoms with Crippen LogP contribution in [-0.4, -0.2) is 21.9 Å². The van der Waals surface area contributed by atoms with E-state index in [-0.39, 0.29) is 9.85 Å². The Morgan fingerprint density at radius 2 is 1.07 bits per heavy atom. The van der Waals surface area contributed by atoms with E-state index in [0.717, 1.165) is 0 Å². The maximum Gasteiger partial charge on any atom is 0.213 e. The molecule has 0 bridgehead atoms. The summed E-state index contributed by atoms with van der Waals surface area (Å²) in [6, 6.07) is -0.967. The second-order valence-electron chi connectivity index (χ2n) is 3.74. The van der Waals surface area contributed by atoms with Crippen molar-refractivity contribution >= 4 is 0 Å². The number of nitro groups is 2. The third-order valence-corrected chi connectivity index (χ3v) is 2.75. The molecular formula is C8H14N2O4. The molecule has 0 aliphatic heterocycles. The van der Waals surface area contributed by atoms with Crippen LogP contribution in [0.4, 0.5) is 0 Å². The average Bonchev–Trinajstić information content (AvgIpc) is 2.01. The van der Waals surface area contributed by atoms with E-state index in [0.29, 0.717) is 38.5 Å². The van der Waals surface area contributed by atoms with E-state index in [1.165, 1.54) is 0 Å². The maximum atomic E-state index is 10.5. The van der Waals surface area contributed by atoms with Gasteiger partial charge in [0.05, 0.1) is 0 Å². The van der Waals surface area contributed by atoms with Crippen LogP contribution in [0.25, 0.3) is 0 Å². The Bertz CT molecular complexity index is 199. The lowest BCUT2D eigenvalue weighted by Gasteiger charge is -2.15. The summed E-state index contributed by atoms with van der Waals surface area (Å²) < 4.78 is 0. The van der Waals surface area contributed by atoms with Gasteiger partial charge >= 0.3 is 0 Å². The van der Waals surface area contributed by atoms with Crippen molar-refractivity contribution in [1.29, 1.82) is 0 Å². The zero-order chi connectivity index (χ0) is 10.6. The molecule has 6 heteroatoms. The third-order valence-electron chi connectivity index (χ3n) is 2.75. The van der Waals surface area contributed by atoms with Gasteiger partial charge < -0.3 is 0 Å². The first-order valence-electron chi connectivity index (χ1n) is 4.88. The normalized spacial score (nSPS) is 28.9. The van der Waals surface area contributed by atoms with Gasteiger partial charge in [-0.1, -0.05) is 0 Å². The van der Waals surface area contributed by atoms with Gasteiger partial charge in [-0.3, -0.25) is 20.2 Å². The Hall–Kier alpha value is -1.20. The van der Waals surface area contributed by atoms with Crippen molar-refractivity contribution < 1.29 is 9.85 Å². The first-order chi connectivity index (χ1) is 6.61. The summed E-state index contributed by atoms with van der Waals surface area (Å²) in [7, 11) is 0. The lowest BCUT2D eigenvalue weighted by Crippen LogP contribution is -2.26. The molecule has 1 aliphatic rings. The monoisotopic (exact) mass is 202 g/mol. The van der Waals surface area contributed by atoms with Crippen molar-refractivity contribution in [3.05, 3.63) is 20.2 Å². The average molecular weight is 202 g/mol. The number of hydrogen-bond acceptors (Lipinski definition) is 4. The summed E-state index contributed by atoms with van der Waals surface area (Å²) in [5.41, 5.74) is 0. The van der Waals surface area contributed by atoms with E-state index in [1.54, 1.807) is 0 Å². The van der Waals surface area contributed by atoms with Crippen LogP contribution in [-0.2, 0) is 0 Å². The van der Waals surface area contributed by atoms with Crippen LogP contribution in [0.3, 0.4) is 0 Å². The second kappa shape index (κ2) is 4.88. The third kappa shape index (κ3) is 2.93. The first kappa shape index (κ1) is 10.9. The molecule has 1 rings (SSSR count). The number of nitrogens with zero attached hydrogens (tertiary/aromatic N) is 2. The Labute approximate surface area is 81.6 Å². The zero-order valence-corrected chi connectivity index (χ0v) is 7.92. The van der Waals surface area contributed by atoms with Crippen molar-refractivity contribution in [2.45, 2.75) is 50.6 Å². The van der Waals surface area contributed by atoms with Crippen molar-refractivity contribution in [3.8, 4) is 0 Å². The molecule has 1 aliphatic carbocycles. The fraction of sp³-hybridized carbons (Fsp3) is 1.00. The molecule has 0 N–H and O–H groups in total. The quantitative estimate of drug-likeness (QED) is 0.503. The van der Waals surface area contributed by atoms with E-state index in [2.05, 4.69) is 0 Å². The van der Waals surface area contributed by atoms with E-state index in [9.17, 15) is 20.2 Å². The summed E-state index contributed by atoms with van der Waals surface area (Å²) in [4.78, 5) is 20.5. The van der Waals surface area contributed by atoms with Crippen LogP contribution in [0.15, 0.2) is 0 Å². The largest absolute Gasteiger partial charge is 0.264 e. The Morgan fingerprint density at radius 1 is 0.786 bits per heavy atom. The molecule has 14 heavy (non-hydrogen) atoms. The van der Waals surface area contributed by atoms with E-state index < -0.39 is 12.1 Å². The smallest absolute Gasteiger partial charge is 0.213 e. The van der Waals surface area contributed by atoms with Gasteiger partial charge in [0.15, 0.2) is 0 Å². The standard InChI is InChI=1S/C8H14N2O4/c11-9(12)7-3-1-4-8(10(13)14)6-2-5-7/h7-8H,1-6H2. The van der Waals surface area contributed by atoms with Gasteiger partial charge in [-0.15, -0.1) is 0 Å². The highest BCUT2D eigenvalue weighted by Gasteiger charge is 2.27. The summed E-state index contributed by atoms with van der Waals surface area (Å²) >= 11 is 0. The van der Waals surface area contributed by atoms with E-state index in [4.69, 9.17) is 0 Å². The van der Waals surface area contributed by atoms with Gasteiger partial charge in [-0.2, -0.15) is 0 Å². The van der Waals surface area contributed by atoms with Crippen LogP contribution in [0.1, 0.15) is 38.5 Å². The highest BCUT2D eigenvalue weighted by molar-refractivity contribution is 4.67. The highest BCUT2D eigenvalue weighted by atomic mass is 16.6. The number of hydrogen-bond donors (Lipinski definition) is 0. The van der Waals surface area contributed by atoms with Gasteiger partial charge in [-0.25, -0.2) is 0 Å². The molecule has 0 atom stereocenters. The fourth-order valence-corrected chi connectivity index (χ4v) is 1.89. The minimum atomic E-state index is -0.484. The van der Waals surface area contributed by atoms with Crippen LogP contribution >= 0.6 is 0 Å². The van der Waals surface area contributed by atoms with Crippen LogP contribution in [0.5, 0.6) is 0 Å². The fourth-order valence-electron chi connectivity index (χ4n) is 1.89. The molecular weight excluding hydrogens is 188 g/mol. The predicted octanol–water partition coefficient (Wildman–Crippen LogP) is 1.63. The van der Waals surface area contributed by atoms with Gasteiger partial charge in [0.25, 0.3) is 0 Å². The predicted molar refractivity (Wildman–Crippen MR) is 49.3 cm³/mol. The molecule has 0 heterocycles. The minimum Gasteiger partial charge on any atom is -0.264 e. The molecule has 0 amide bonds. The molecule has 0 saturated heterocycles. The first-order valence-corrected chi connectivity index (χ1v) is 4.88. The summed E-state index contributed by atoms with van der Waals surface area (Å²) in [6.45, 7) is 0. The molecule has 0 aromatic carbocycles. The molecule has 80 valence electrons. The van der Waals surface area contributed by atoms with Crippen molar-refractivity contribution in [1.82, 2.24) is 0 Å². The topological polar surface area (TPSA) is 86.3 Å². The van der Waals surface area contributed by atoms with Crippen molar-refractivity contribution in [2.24, 2.45) is 0 Å². The number of rotatable bonds is 2. The van der Waals surface area contributed by atoms with Crippen LogP contribution < -0.4 is 0 Å². The van der Waals surface area contributed by atoms with Crippen LogP contribution in [0, 0.1) is 20.2 Å². The molecule has 1 saturated carbocycles. The molecule has 0 aromatic rings.